The molecular formula is C11H14Br2OS2. The van der Waals surface area contributed by atoms with Crippen LogP contribution in [0.2, 0.25) is 0 Å². The molecule has 1 rings (SSSR count). The molecule has 16 heavy (non-hydrogen) atoms. The van der Waals surface area contributed by atoms with Gasteiger partial charge >= 0.3 is 0 Å². The Kier molecular flexibility index (Phi) is 7.28. The van der Waals surface area contributed by atoms with Crippen molar-refractivity contribution in [2.45, 2.75) is 26.2 Å². The van der Waals surface area contributed by atoms with E-state index < -0.39 is 0 Å². The fourth-order valence-electron chi connectivity index (χ4n) is 1.23. The molecule has 0 bridgehead atoms. The van der Waals surface area contributed by atoms with Crippen LogP contribution in [0.1, 0.15) is 36.5 Å². The summed E-state index contributed by atoms with van der Waals surface area (Å²) in [6.45, 7) is 2.19. The lowest BCUT2D eigenvalue weighted by Gasteiger charge is -2.00. The number of Topliss-reactive ketones (excluding diaryl/α,β-unsaturated/α-hetero) is 1. The third-order valence-electron chi connectivity index (χ3n) is 2.08. The maximum atomic E-state index is 11.8. The van der Waals surface area contributed by atoms with Crippen molar-refractivity contribution in [3.63, 3.8) is 0 Å². The van der Waals surface area contributed by atoms with E-state index in [-0.39, 0.29) is 5.78 Å². The fraction of sp³-hybridized carbons (Fsp3) is 0.545. The Morgan fingerprint density at radius 3 is 2.75 bits per heavy atom. The molecule has 1 heterocycles. The van der Waals surface area contributed by atoms with Crippen molar-refractivity contribution < 1.29 is 4.79 Å². The van der Waals surface area contributed by atoms with Gasteiger partial charge in [0, 0.05) is 5.56 Å². The van der Waals surface area contributed by atoms with E-state index in [4.69, 9.17) is 0 Å². The van der Waals surface area contributed by atoms with Gasteiger partial charge in [-0.05, 0) is 50.1 Å². The molecule has 0 fully saturated rings. The summed E-state index contributed by atoms with van der Waals surface area (Å²) in [5.41, 5.74) is 0.805. The Labute approximate surface area is 122 Å². The van der Waals surface area contributed by atoms with Crippen LogP contribution in [0.15, 0.2) is 13.6 Å². The zero-order valence-corrected chi connectivity index (χ0v) is 13.9. The van der Waals surface area contributed by atoms with Crippen LogP contribution in [0.5, 0.6) is 0 Å². The van der Waals surface area contributed by atoms with Crippen molar-refractivity contribution in [3.8, 4) is 0 Å². The molecule has 5 heteroatoms. The topological polar surface area (TPSA) is 17.1 Å². The first-order chi connectivity index (χ1) is 7.65. The van der Waals surface area contributed by atoms with Crippen molar-refractivity contribution >= 4 is 60.7 Å². The molecule has 0 atom stereocenters. The average molecular weight is 386 g/mol. The molecule has 0 spiro atoms. The fourth-order valence-corrected chi connectivity index (χ4v) is 4.98. The number of hydrogen-bond donors (Lipinski definition) is 0. The third kappa shape index (κ3) is 4.90. The van der Waals surface area contributed by atoms with Crippen LogP contribution in [0.4, 0.5) is 0 Å². The Bertz CT molecular complexity index is 350. The molecule has 0 amide bonds. The number of ketones is 1. The molecule has 0 radical (unpaired) electrons. The van der Waals surface area contributed by atoms with Gasteiger partial charge in [-0.1, -0.05) is 19.8 Å². The van der Waals surface area contributed by atoms with E-state index in [0.29, 0.717) is 5.75 Å². The highest BCUT2D eigenvalue weighted by molar-refractivity contribution is 9.12. The minimum atomic E-state index is 0.218. The van der Waals surface area contributed by atoms with Gasteiger partial charge in [-0.3, -0.25) is 4.79 Å². The van der Waals surface area contributed by atoms with Crippen LogP contribution in [0.25, 0.3) is 0 Å². The minimum absolute atomic E-state index is 0.218. The molecule has 0 saturated carbocycles. The second kappa shape index (κ2) is 7.90. The SMILES string of the molecule is CCCCCSCC(=O)c1cc(Br)sc1Br. The normalized spacial score (nSPS) is 10.7. The zero-order chi connectivity index (χ0) is 12.0. The number of hydrogen-bond acceptors (Lipinski definition) is 3. The Hall–Kier alpha value is 0.680. The van der Waals surface area contributed by atoms with Gasteiger partial charge in [0.05, 0.1) is 13.3 Å². The van der Waals surface area contributed by atoms with E-state index in [1.807, 2.05) is 6.07 Å². The van der Waals surface area contributed by atoms with E-state index in [1.165, 1.54) is 19.3 Å². The van der Waals surface area contributed by atoms with Crippen molar-refractivity contribution in [3.05, 3.63) is 19.2 Å². The molecular weight excluding hydrogens is 372 g/mol. The molecule has 0 unspecified atom stereocenters. The summed E-state index contributed by atoms with van der Waals surface area (Å²) in [7, 11) is 0. The lowest BCUT2D eigenvalue weighted by atomic mass is 10.2. The van der Waals surface area contributed by atoms with Gasteiger partial charge in [0.2, 0.25) is 0 Å². The van der Waals surface area contributed by atoms with Gasteiger partial charge < -0.3 is 0 Å². The Morgan fingerprint density at radius 1 is 1.44 bits per heavy atom. The van der Waals surface area contributed by atoms with Crippen molar-refractivity contribution in [2.24, 2.45) is 0 Å². The van der Waals surface area contributed by atoms with Crippen molar-refractivity contribution in [2.75, 3.05) is 11.5 Å². The van der Waals surface area contributed by atoms with Crippen molar-refractivity contribution in [1.82, 2.24) is 0 Å². The van der Waals surface area contributed by atoms with Gasteiger partial charge in [0.15, 0.2) is 5.78 Å². The first-order valence-corrected chi connectivity index (χ1v) is 8.76. The van der Waals surface area contributed by atoms with Crippen LogP contribution in [-0.2, 0) is 0 Å². The number of unbranched alkanes of at least 4 members (excludes halogenated alkanes) is 2. The predicted octanol–water partition coefficient (Wildman–Crippen LogP) is 5.38. The van der Waals surface area contributed by atoms with Gasteiger partial charge in [0.25, 0.3) is 0 Å². The molecule has 0 aliphatic rings. The highest BCUT2D eigenvalue weighted by Gasteiger charge is 2.13. The first-order valence-electron chi connectivity index (χ1n) is 5.21. The van der Waals surface area contributed by atoms with Gasteiger partial charge in [0.1, 0.15) is 0 Å². The van der Waals surface area contributed by atoms with Gasteiger partial charge in [-0.2, -0.15) is 11.8 Å². The second-order valence-electron chi connectivity index (χ2n) is 3.42. The summed E-state index contributed by atoms with van der Waals surface area (Å²) >= 11 is 10.1. The number of carbonyl (C=O) groups is 1. The molecule has 90 valence electrons. The van der Waals surface area contributed by atoms with Crippen LogP contribution >= 0.6 is 55.0 Å². The number of thioether (sulfide) groups is 1. The molecule has 1 nitrogen and oxygen atoms in total. The highest BCUT2D eigenvalue weighted by atomic mass is 79.9. The zero-order valence-electron chi connectivity index (χ0n) is 9.09. The van der Waals surface area contributed by atoms with Gasteiger partial charge in [-0.15, -0.1) is 11.3 Å². The molecule has 0 aliphatic heterocycles. The maximum Gasteiger partial charge on any atom is 0.174 e. The van der Waals surface area contributed by atoms with E-state index in [0.717, 1.165) is 18.9 Å². The maximum absolute atomic E-state index is 11.8. The number of thiophene rings is 1. The summed E-state index contributed by atoms with van der Waals surface area (Å²) in [5.74, 6) is 1.89. The number of halogens is 2. The van der Waals surface area contributed by atoms with Crippen LogP contribution in [-0.4, -0.2) is 17.3 Å². The standard InChI is InChI=1S/C11H14Br2OS2/c1-2-3-4-5-15-7-9(14)8-6-10(12)16-11(8)13/h6H,2-5,7H2,1H3. The molecule has 1 aromatic rings. The Morgan fingerprint density at radius 2 is 2.19 bits per heavy atom. The summed E-state index contributed by atoms with van der Waals surface area (Å²) in [4.78, 5) is 11.8. The third-order valence-corrected chi connectivity index (χ3v) is 5.47. The number of rotatable bonds is 7. The Balaban J connectivity index is 2.33. The summed E-state index contributed by atoms with van der Waals surface area (Å²) in [5, 5.41) is 0. The molecule has 0 aliphatic carbocycles. The second-order valence-corrected chi connectivity index (χ2v) is 8.28. The van der Waals surface area contributed by atoms with E-state index in [9.17, 15) is 4.79 Å². The average Bonchev–Trinajstić information content (AvgIpc) is 2.57. The smallest absolute Gasteiger partial charge is 0.174 e. The lowest BCUT2D eigenvalue weighted by molar-refractivity contribution is 0.102. The first kappa shape index (κ1) is 14.7. The van der Waals surface area contributed by atoms with Crippen LogP contribution in [0.3, 0.4) is 0 Å². The highest BCUT2D eigenvalue weighted by Crippen LogP contribution is 2.32. The summed E-state index contributed by atoms with van der Waals surface area (Å²) in [6, 6.07) is 1.89. The quantitative estimate of drug-likeness (QED) is 0.463. The largest absolute Gasteiger partial charge is 0.293 e. The lowest BCUT2D eigenvalue weighted by Crippen LogP contribution is -2.02. The van der Waals surface area contributed by atoms with Crippen LogP contribution in [0, 0.1) is 0 Å². The van der Waals surface area contributed by atoms with Crippen LogP contribution < -0.4 is 0 Å². The molecule has 0 saturated heterocycles. The monoisotopic (exact) mass is 384 g/mol. The summed E-state index contributed by atoms with van der Waals surface area (Å²) < 4.78 is 1.93. The van der Waals surface area contributed by atoms with Crippen molar-refractivity contribution in [1.29, 1.82) is 0 Å². The molecule has 0 aromatic carbocycles. The van der Waals surface area contributed by atoms with Gasteiger partial charge in [-0.25, -0.2) is 0 Å². The van der Waals surface area contributed by atoms with E-state index in [2.05, 4.69) is 38.8 Å². The summed E-state index contributed by atoms with van der Waals surface area (Å²) in [6.07, 6.45) is 3.70. The minimum Gasteiger partial charge on any atom is -0.293 e. The molecule has 0 N–H and O–H groups in total. The van der Waals surface area contributed by atoms with E-state index in [1.54, 1.807) is 23.1 Å². The predicted molar refractivity (Wildman–Crippen MR) is 80.9 cm³/mol. The number of carbonyl (C=O) groups excluding carboxylic acids is 1. The van der Waals surface area contributed by atoms with E-state index >= 15 is 0 Å². The molecule has 1 aromatic heterocycles.